The average Bonchev–Trinajstić information content (AvgIpc) is 2.40. The van der Waals surface area contributed by atoms with Crippen molar-refractivity contribution in [3.05, 3.63) is 12.4 Å². The van der Waals surface area contributed by atoms with Crippen LogP contribution in [0, 0.1) is 5.41 Å². The third kappa shape index (κ3) is 2.66. The molecule has 0 radical (unpaired) electrons. The van der Waals surface area contributed by atoms with Crippen molar-refractivity contribution < 1.29 is 4.74 Å². The Morgan fingerprint density at radius 1 is 1.41 bits per heavy atom. The van der Waals surface area contributed by atoms with Crippen molar-refractivity contribution in [2.45, 2.75) is 19.8 Å². The fourth-order valence-electron chi connectivity index (χ4n) is 2.07. The Morgan fingerprint density at radius 3 is 2.71 bits per heavy atom. The molecule has 5 heteroatoms. The van der Waals surface area contributed by atoms with Crippen LogP contribution in [-0.4, -0.2) is 36.7 Å². The van der Waals surface area contributed by atoms with Gasteiger partial charge in [0.05, 0.1) is 19.5 Å². The predicted octanol–water partition coefficient (Wildman–Crippen LogP) is 1.05. The largest absolute Gasteiger partial charge is 0.480 e. The number of hydrogen-bond donors (Lipinski definition) is 1. The molecule has 0 aromatic carbocycles. The number of rotatable bonds is 3. The van der Waals surface area contributed by atoms with Crippen LogP contribution < -0.4 is 15.4 Å². The van der Waals surface area contributed by atoms with E-state index < -0.39 is 0 Å². The van der Waals surface area contributed by atoms with Gasteiger partial charge in [0.25, 0.3) is 0 Å². The molecule has 0 atom stereocenters. The minimum Gasteiger partial charge on any atom is -0.480 e. The summed E-state index contributed by atoms with van der Waals surface area (Å²) in [4.78, 5) is 10.8. The molecule has 0 spiro atoms. The number of methoxy groups -OCH3 is 1. The Labute approximate surface area is 102 Å². The summed E-state index contributed by atoms with van der Waals surface area (Å²) in [6, 6.07) is 0. The second-order valence-electron chi connectivity index (χ2n) is 4.92. The van der Waals surface area contributed by atoms with E-state index in [1.807, 2.05) is 0 Å². The van der Waals surface area contributed by atoms with Crippen molar-refractivity contribution in [3.8, 4) is 5.88 Å². The Kier molecular flexibility index (Phi) is 3.47. The predicted molar refractivity (Wildman–Crippen MR) is 67.2 cm³/mol. The van der Waals surface area contributed by atoms with Gasteiger partial charge in [-0.1, -0.05) is 6.92 Å². The highest BCUT2D eigenvalue weighted by molar-refractivity contribution is 5.38. The maximum Gasteiger partial charge on any atom is 0.233 e. The Bertz CT molecular complexity index is 375. The maximum atomic E-state index is 5.80. The van der Waals surface area contributed by atoms with Crippen LogP contribution in [0.15, 0.2) is 12.4 Å². The average molecular weight is 236 g/mol. The molecule has 5 nitrogen and oxygen atoms in total. The first-order valence-corrected chi connectivity index (χ1v) is 5.98. The summed E-state index contributed by atoms with van der Waals surface area (Å²) >= 11 is 0. The second kappa shape index (κ2) is 4.87. The number of nitrogens with two attached hydrogens (primary N) is 1. The van der Waals surface area contributed by atoms with Crippen LogP contribution in [-0.2, 0) is 0 Å². The van der Waals surface area contributed by atoms with Gasteiger partial charge in [0.2, 0.25) is 5.88 Å². The van der Waals surface area contributed by atoms with Crippen molar-refractivity contribution in [2.75, 3.05) is 31.6 Å². The van der Waals surface area contributed by atoms with Crippen LogP contribution in [0.5, 0.6) is 5.88 Å². The minimum absolute atomic E-state index is 0.281. The van der Waals surface area contributed by atoms with E-state index in [4.69, 9.17) is 10.5 Å². The van der Waals surface area contributed by atoms with Gasteiger partial charge in [0.1, 0.15) is 0 Å². The van der Waals surface area contributed by atoms with Crippen molar-refractivity contribution in [1.82, 2.24) is 9.97 Å². The van der Waals surface area contributed by atoms with E-state index >= 15 is 0 Å². The van der Waals surface area contributed by atoms with E-state index in [0.717, 1.165) is 38.3 Å². The van der Waals surface area contributed by atoms with Gasteiger partial charge in [0.15, 0.2) is 5.82 Å². The van der Waals surface area contributed by atoms with Gasteiger partial charge in [-0.25, -0.2) is 0 Å². The van der Waals surface area contributed by atoms with E-state index in [-0.39, 0.29) is 5.41 Å². The maximum absolute atomic E-state index is 5.80. The fourth-order valence-corrected chi connectivity index (χ4v) is 2.07. The summed E-state index contributed by atoms with van der Waals surface area (Å²) in [5.41, 5.74) is 6.08. The van der Waals surface area contributed by atoms with Gasteiger partial charge >= 0.3 is 0 Å². The zero-order valence-electron chi connectivity index (χ0n) is 10.5. The lowest BCUT2D eigenvalue weighted by molar-refractivity contribution is 0.257. The van der Waals surface area contributed by atoms with Crippen molar-refractivity contribution in [1.29, 1.82) is 0 Å². The summed E-state index contributed by atoms with van der Waals surface area (Å²) in [6.45, 7) is 4.97. The van der Waals surface area contributed by atoms with Gasteiger partial charge in [-0.2, -0.15) is 4.98 Å². The molecule has 1 aliphatic rings. The first-order chi connectivity index (χ1) is 8.17. The normalized spacial score (nSPS) is 19.1. The zero-order chi connectivity index (χ0) is 12.3. The van der Waals surface area contributed by atoms with Crippen LogP contribution in [0.1, 0.15) is 19.8 Å². The Hall–Kier alpha value is -1.36. The minimum atomic E-state index is 0.281. The number of piperidine rings is 1. The SMILES string of the molecule is COc1cncc(N2CCC(C)(CN)CC2)n1. The van der Waals surface area contributed by atoms with Gasteiger partial charge in [-0.15, -0.1) is 0 Å². The molecular weight excluding hydrogens is 216 g/mol. The second-order valence-corrected chi connectivity index (χ2v) is 4.92. The summed E-state index contributed by atoms with van der Waals surface area (Å²) in [6.07, 6.45) is 5.61. The van der Waals surface area contributed by atoms with E-state index in [1.165, 1.54) is 0 Å². The van der Waals surface area contributed by atoms with E-state index in [1.54, 1.807) is 19.5 Å². The monoisotopic (exact) mass is 236 g/mol. The lowest BCUT2D eigenvalue weighted by atomic mass is 9.80. The molecule has 0 aliphatic carbocycles. The molecule has 1 fully saturated rings. The van der Waals surface area contributed by atoms with Crippen LogP contribution >= 0.6 is 0 Å². The van der Waals surface area contributed by atoms with Crippen molar-refractivity contribution in [2.24, 2.45) is 11.1 Å². The van der Waals surface area contributed by atoms with Crippen molar-refractivity contribution >= 4 is 5.82 Å². The Morgan fingerprint density at radius 2 is 2.12 bits per heavy atom. The molecule has 2 heterocycles. The molecule has 1 aromatic heterocycles. The zero-order valence-corrected chi connectivity index (χ0v) is 10.5. The summed E-state index contributed by atoms with van der Waals surface area (Å²) in [5.74, 6) is 1.46. The molecule has 1 aromatic rings. The highest BCUT2D eigenvalue weighted by Crippen LogP contribution is 2.31. The van der Waals surface area contributed by atoms with Gasteiger partial charge < -0.3 is 15.4 Å². The van der Waals surface area contributed by atoms with Crippen molar-refractivity contribution in [3.63, 3.8) is 0 Å². The number of anilines is 1. The van der Waals surface area contributed by atoms with E-state index in [2.05, 4.69) is 21.8 Å². The molecule has 0 saturated carbocycles. The highest BCUT2D eigenvalue weighted by Gasteiger charge is 2.29. The molecule has 2 N–H and O–H groups in total. The first-order valence-electron chi connectivity index (χ1n) is 5.98. The molecular formula is C12H20N4O. The summed E-state index contributed by atoms with van der Waals surface area (Å²) in [7, 11) is 1.61. The van der Waals surface area contributed by atoms with Crippen LogP contribution in [0.2, 0.25) is 0 Å². The standard InChI is InChI=1S/C12H20N4O/c1-12(9-13)3-5-16(6-4-12)10-7-14-8-11(15-10)17-2/h7-8H,3-6,9,13H2,1-2H3. The quantitative estimate of drug-likeness (QED) is 0.850. The fraction of sp³-hybridized carbons (Fsp3) is 0.667. The van der Waals surface area contributed by atoms with Crippen LogP contribution in [0.25, 0.3) is 0 Å². The third-order valence-corrected chi connectivity index (χ3v) is 3.60. The summed E-state index contributed by atoms with van der Waals surface area (Å²) < 4.78 is 5.09. The van der Waals surface area contributed by atoms with Gasteiger partial charge in [-0.3, -0.25) is 4.98 Å². The molecule has 94 valence electrons. The highest BCUT2D eigenvalue weighted by atomic mass is 16.5. The molecule has 0 bridgehead atoms. The molecule has 17 heavy (non-hydrogen) atoms. The third-order valence-electron chi connectivity index (χ3n) is 3.60. The molecule has 1 aliphatic heterocycles. The first kappa shape index (κ1) is 12.1. The van der Waals surface area contributed by atoms with Gasteiger partial charge in [0, 0.05) is 13.1 Å². The molecule has 0 unspecified atom stereocenters. The Balaban J connectivity index is 2.05. The number of aromatic nitrogens is 2. The van der Waals surface area contributed by atoms with E-state index in [9.17, 15) is 0 Å². The topological polar surface area (TPSA) is 64.3 Å². The smallest absolute Gasteiger partial charge is 0.233 e. The van der Waals surface area contributed by atoms with E-state index in [0.29, 0.717) is 5.88 Å². The lowest BCUT2D eigenvalue weighted by Gasteiger charge is -2.39. The van der Waals surface area contributed by atoms with Crippen LogP contribution in [0.3, 0.4) is 0 Å². The lowest BCUT2D eigenvalue weighted by Crippen LogP contribution is -2.42. The molecule has 1 saturated heterocycles. The molecule has 0 amide bonds. The number of nitrogens with zero attached hydrogens (tertiary/aromatic N) is 3. The summed E-state index contributed by atoms with van der Waals surface area (Å²) in [5, 5.41) is 0. The molecule has 2 rings (SSSR count). The van der Waals surface area contributed by atoms with Crippen LogP contribution in [0.4, 0.5) is 5.82 Å². The number of hydrogen-bond acceptors (Lipinski definition) is 5. The van der Waals surface area contributed by atoms with Gasteiger partial charge in [-0.05, 0) is 24.8 Å². The number of ether oxygens (including phenoxy) is 1.